The zero-order valence-corrected chi connectivity index (χ0v) is 15.2. The number of benzene rings is 1. The summed E-state index contributed by atoms with van der Waals surface area (Å²) in [6.45, 7) is 3.94. The number of carbonyl (C=O) groups excluding carboxylic acids is 3. The predicted octanol–water partition coefficient (Wildman–Crippen LogP) is 1.99. The van der Waals surface area contributed by atoms with Crippen molar-refractivity contribution >= 4 is 17.9 Å². The molecule has 4 atom stereocenters. The second-order valence-corrected chi connectivity index (χ2v) is 6.22. The van der Waals surface area contributed by atoms with E-state index in [1.807, 2.05) is 30.3 Å². The molecule has 0 radical (unpaired) electrons. The van der Waals surface area contributed by atoms with Crippen LogP contribution in [0.5, 0.6) is 0 Å². The number of ether oxygens (including phenoxy) is 4. The molecule has 1 aliphatic heterocycles. The van der Waals surface area contributed by atoms with Crippen molar-refractivity contribution in [1.29, 1.82) is 0 Å². The van der Waals surface area contributed by atoms with Crippen LogP contribution in [0.3, 0.4) is 0 Å². The van der Waals surface area contributed by atoms with E-state index in [-0.39, 0.29) is 31.2 Å². The summed E-state index contributed by atoms with van der Waals surface area (Å²) in [5, 5.41) is 0. The molecule has 0 bridgehead atoms. The van der Waals surface area contributed by atoms with Crippen molar-refractivity contribution in [3.63, 3.8) is 0 Å². The lowest BCUT2D eigenvalue weighted by Crippen LogP contribution is -2.36. The molecule has 1 saturated heterocycles. The Morgan fingerprint density at radius 1 is 1.04 bits per heavy atom. The predicted molar refractivity (Wildman–Crippen MR) is 91.3 cm³/mol. The number of rotatable bonds is 7. The van der Waals surface area contributed by atoms with Gasteiger partial charge in [-0.25, -0.2) is 0 Å². The lowest BCUT2D eigenvalue weighted by Gasteiger charge is -2.23. The first-order chi connectivity index (χ1) is 12.4. The third kappa shape index (κ3) is 5.84. The topological polar surface area (TPSA) is 88.1 Å². The second-order valence-electron chi connectivity index (χ2n) is 6.22. The van der Waals surface area contributed by atoms with Crippen LogP contribution >= 0.6 is 0 Å². The summed E-state index contributed by atoms with van der Waals surface area (Å²) in [4.78, 5) is 33.7. The van der Waals surface area contributed by atoms with E-state index in [0.717, 1.165) is 5.56 Å². The molecule has 0 amide bonds. The fourth-order valence-electron chi connectivity index (χ4n) is 3.05. The van der Waals surface area contributed by atoms with E-state index in [9.17, 15) is 14.4 Å². The highest BCUT2D eigenvalue weighted by Crippen LogP contribution is 2.37. The first kappa shape index (κ1) is 19.9. The van der Waals surface area contributed by atoms with E-state index < -0.39 is 24.1 Å². The summed E-state index contributed by atoms with van der Waals surface area (Å²) in [5.41, 5.74) is 1.04. The van der Waals surface area contributed by atoms with Gasteiger partial charge in [0.15, 0.2) is 6.10 Å². The minimum atomic E-state index is -0.718. The number of hydrogen-bond donors (Lipinski definition) is 0. The lowest BCUT2D eigenvalue weighted by molar-refractivity contribution is -0.167. The fraction of sp³-hybridized carbons (Fsp3) is 0.526. The standard InChI is InChI=1S/C19H24O7/c1-12(20)23-10-18-16(15-7-5-4-6-8-15)9-17(26-18)19(25-14(3)22)11-24-13(2)21/h4-8,16-19H,9-11H2,1-3H3/t16-,17+,18+,19+/m1/s1. The van der Waals surface area contributed by atoms with Crippen LogP contribution in [-0.4, -0.2) is 49.4 Å². The van der Waals surface area contributed by atoms with Crippen molar-refractivity contribution < 1.29 is 33.3 Å². The van der Waals surface area contributed by atoms with Gasteiger partial charge in [-0.15, -0.1) is 0 Å². The Bertz CT molecular complexity index is 628. The molecule has 1 fully saturated rings. The summed E-state index contributed by atoms with van der Waals surface area (Å²) >= 11 is 0. The van der Waals surface area contributed by atoms with Crippen molar-refractivity contribution in [3.8, 4) is 0 Å². The number of esters is 3. The Hall–Kier alpha value is -2.41. The highest BCUT2D eigenvalue weighted by molar-refractivity contribution is 5.67. The number of hydrogen-bond acceptors (Lipinski definition) is 7. The molecule has 0 aliphatic carbocycles. The third-order valence-electron chi connectivity index (χ3n) is 4.15. The van der Waals surface area contributed by atoms with Crippen LogP contribution in [0.15, 0.2) is 30.3 Å². The third-order valence-corrected chi connectivity index (χ3v) is 4.15. The van der Waals surface area contributed by atoms with Crippen LogP contribution in [0.4, 0.5) is 0 Å². The number of carbonyl (C=O) groups is 3. The molecule has 0 unspecified atom stereocenters. The molecular weight excluding hydrogens is 340 g/mol. The van der Waals surface area contributed by atoms with Crippen LogP contribution in [0, 0.1) is 0 Å². The molecule has 7 nitrogen and oxygen atoms in total. The van der Waals surface area contributed by atoms with Gasteiger partial charge in [-0.3, -0.25) is 14.4 Å². The SMILES string of the molecule is CC(=O)OC[C@H](OC(C)=O)[C@@H]1C[C@H](c2ccccc2)[C@H](COC(C)=O)O1. The molecule has 0 saturated carbocycles. The molecule has 1 aromatic rings. The highest BCUT2D eigenvalue weighted by atomic mass is 16.6. The molecule has 1 heterocycles. The van der Waals surface area contributed by atoms with Crippen molar-refractivity contribution in [2.45, 2.75) is 51.4 Å². The lowest BCUT2D eigenvalue weighted by atomic mass is 9.90. The summed E-state index contributed by atoms with van der Waals surface area (Å²) in [6.07, 6.45) is -1.01. The van der Waals surface area contributed by atoms with Crippen molar-refractivity contribution in [3.05, 3.63) is 35.9 Å². The molecule has 0 spiro atoms. The molecule has 26 heavy (non-hydrogen) atoms. The molecule has 7 heteroatoms. The second kappa shape index (κ2) is 9.33. The summed E-state index contributed by atoms with van der Waals surface area (Å²) in [7, 11) is 0. The zero-order chi connectivity index (χ0) is 19.1. The van der Waals surface area contributed by atoms with Gasteiger partial charge in [0.1, 0.15) is 13.2 Å². The maximum Gasteiger partial charge on any atom is 0.303 e. The summed E-state index contributed by atoms with van der Waals surface area (Å²) in [6, 6.07) is 9.72. The normalized spacial score (nSPS) is 23.1. The smallest absolute Gasteiger partial charge is 0.303 e. The molecule has 0 N–H and O–H groups in total. The highest BCUT2D eigenvalue weighted by Gasteiger charge is 2.42. The Balaban J connectivity index is 2.15. The van der Waals surface area contributed by atoms with E-state index in [0.29, 0.717) is 6.42 Å². The van der Waals surface area contributed by atoms with E-state index in [1.165, 1.54) is 20.8 Å². The first-order valence-corrected chi connectivity index (χ1v) is 8.51. The maximum atomic E-state index is 11.4. The first-order valence-electron chi connectivity index (χ1n) is 8.51. The van der Waals surface area contributed by atoms with Gasteiger partial charge < -0.3 is 18.9 Å². The van der Waals surface area contributed by atoms with E-state index in [4.69, 9.17) is 18.9 Å². The quantitative estimate of drug-likeness (QED) is 0.540. The van der Waals surface area contributed by atoms with Crippen molar-refractivity contribution in [2.24, 2.45) is 0 Å². The van der Waals surface area contributed by atoms with Gasteiger partial charge in [-0.1, -0.05) is 30.3 Å². The van der Waals surface area contributed by atoms with E-state index in [1.54, 1.807) is 0 Å². The average Bonchev–Trinajstić information content (AvgIpc) is 3.01. The Labute approximate surface area is 152 Å². The zero-order valence-electron chi connectivity index (χ0n) is 15.2. The van der Waals surface area contributed by atoms with Crippen LogP contribution in [0.25, 0.3) is 0 Å². The summed E-state index contributed by atoms with van der Waals surface area (Å²) < 4.78 is 21.5. The van der Waals surface area contributed by atoms with Gasteiger partial charge in [0.25, 0.3) is 0 Å². The monoisotopic (exact) mass is 364 g/mol. The van der Waals surface area contributed by atoms with Crippen LogP contribution in [0.2, 0.25) is 0 Å². The molecule has 142 valence electrons. The van der Waals surface area contributed by atoms with Gasteiger partial charge in [-0.2, -0.15) is 0 Å². The van der Waals surface area contributed by atoms with Crippen LogP contribution < -0.4 is 0 Å². The summed E-state index contributed by atoms with van der Waals surface area (Å²) in [5.74, 6) is -1.36. The van der Waals surface area contributed by atoms with Crippen molar-refractivity contribution in [1.82, 2.24) is 0 Å². The van der Waals surface area contributed by atoms with Crippen LogP contribution in [-0.2, 0) is 33.3 Å². The van der Waals surface area contributed by atoms with Gasteiger partial charge in [-0.05, 0) is 12.0 Å². The van der Waals surface area contributed by atoms with Gasteiger partial charge >= 0.3 is 17.9 Å². The van der Waals surface area contributed by atoms with Gasteiger partial charge in [0, 0.05) is 26.7 Å². The largest absolute Gasteiger partial charge is 0.463 e. The van der Waals surface area contributed by atoms with Crippen molar-refractivity contribution in [2.75, 3.05) is 13.2 Å². The van der Waals surface area contributed by atoms with Gasteiger partial charge in [0.05, 0.1) is 12.2 Å². The molecule has 1 aromatic carbocycles. The maximum absolute atomic E-state index is 11.4. The van der Waals surface area contributed by atoms with Crippen LogP contribution in [0.1, 0.15) is 38.7 Å². The van der Waals surface area contributed by atoms with E-state index in [2.05, 4.69) is 0 Å². The molecule has 0 aromatic heterocycles. The minimum absolute atomic E-state index is 0.0315. The Morgan fingerprint density at radius 2 is 1.69 bits per heavy atom. The van der Waals surface area contributed by atoms with E-state index >= 15 is 0 Å². The fourth-order valence-corrected chi connectivity index (χ4v) is 3.05. The molecular formula is C19H24O7. The Morgan fingerprint density at radius 3 is 2.27 bits per heavy atom. The minimum Gasteiger partial charge on any atom is -0.463 e. The van der Waals surface area contributed by atoms with Gasteiger partial charge in [0.2, 0.25) is 0 Å². The molecule has 2 rings (SSSR count). The average molecular weight is 364 g/mol. The molecule has 1 aliphatic rings. The Kier molecular flexibility index (Phi) is 7.15.